The number of pyridine rings is 2. The normalized spacial score (nSPS) is 11.8. The number of hydrogen-bond acceptors (Lipinski definition) is 6. The van der Waals surface area contributed by atoms with Gasteiger partial charge in [-0.2, -0.15) is 13.2 Å². The molecule has 2 aromatic carbocycles. The number of hydrogen-bond donors (Lipinski definition) is 4. The Bertz CT molecular complexity index is 1920. The summed E-state index contributed by atoms with van der Waals surface area (Å²) in [7, 11) is 1.74. The molecule has 0 aliphatic rings. The van der Waals surface area contributed by atoms with Crippen LogP contribution in [0.25, 0.3) is 16.8 Å². The molecule has 0 atom stereocenters. The summed E-state index contributed by atoms with van der Waals surface area (Å²) in [5.41, 5.74) is 3.76. The molecule has 0 aliphatic heterocycles. The van der Waals surface area contributed by atoms with E-state index in [0.29, 0.717) is 41.7 Å². The summed E-state index contributed by atoms with van der Waals surface area (Å²) in [6, 6.07) is 12.8. The number of carbonyl (C=O) groups is 1. The number of nitrogens with zero attached hydrogens (tertiary/aromatic N) is 3. The molecule has 1 amide bonds. The highest BCUT2D eigenvalue weighted by Crippen LogP contribution is 2.35. The Labute approximate surface area is 262 Å². The number of halogens is 4. The van der Waals surface area contributed by atoms with Crippen LogP contribution in [0.5, 0.6) is 0 Å². The van der Waals surface area contributed by atoms with Gasteiger partial charge in [0.15, 0.2) is 5.65 Å². The fraction of sp³-hybridized carbons (Fsp3) is 0.176. The van der Waals surface area contributed by atoms with E-state index in [-0.39, 0.29) is 16.8 Å². The highest BCUT2D eigenvalue weighted by atomic mass is 19.4. The van der Waals surface area contributed by atoms with Gasteiger partial charge in [0, 0.05) is 55.6 Å². The molecule has 0 aliphatic carbocycles. The molecule has 0 unspecified atom stereocenters. The molecule has 3 aromatic heterocycles. The van der Waals surface area contributed by atoms with Crippen LogP contribution >= 0.6 is 0 Å². The predicted molar refractivity (Wildman–Crippen MR) is 171 cm³/mol. The Morgan fingerprint density at radius 2 is 1.80 bits per heavy atom. The van der Waals surface area contributed by atoms with Crippen LogP contribution in [0.2, 0.25) is 0 Å². The standard InChI is InChI=1S/C34H31F4N7O/c1-21-13-30(35)29(33(46)44-26-15-24(22-8-10-41-11-9-22)14-25(17-26)34(36,37)38)16-23(21)5-3-6-28-20-42-32-31(7-4-12-45(28)32)43-27(18-39)19-40-2/h4,7-20,39-40,43H,3,5-6H2,1-2H3,(H,44,46)/b27-19+,39-18?. The molecular formula is C34H31F4N7O. The van der Waals surface area contributed by atoms with Gasteiger partial charge in [-0.15, -0.1) is 0 Å². The quantitative estimate of drug-likeness (QED) is 0.0899. The van der Waals surface area contributed by atoms with Crippen molar-refractivity contribution in [3.63, 3.8) is 0 Å². The van der Waals surface area contributed by atoms with Crippen molar-refractivity contribution < 1.29 is 22.4 Å². The lowest BCUT2D eigenvalue weighted by Crippen LogP contribution is -2.16. The molecule has 0 saturated heterocycles. The zero-order valence-corrected chi connectivity index (χ0v) is 25.0. The van der Waals surface area contributed by atoms with Crippen molar-refractivity contribution in [1.29, 1.82) is 5.41 Å². The Morgan fingerprint density at radius 3 is 2.52 bits per heavy atom. The van der Waals surface area contributed by atoms with Crippen molar-refractivity contribution >= 4 is 29.1 Å². The third kappa shape index (κ3) is 7.23. The van der Waals surface area contributed by atoms with Crippen molar-refractivity contribution in [2.45, 2.75) is 32.4 Å². The van der Waals surface area contributed by atoms with Crippen LogP contribution < -0.4 is 16.0 Å². The van der Waals surface area contributed by atoms with E-state index in [1.165, 1.54) is 36.8 Å². The van der Waals surface area contributed by atoms with E-state index in [9.17, 15) is 18.0 Å². The summed E-state index contributed by atoms with van der Waals surface area (Å²) in [4.78, 5) is 21.6. The summed E-state index contributed by atoms with van der Waals surface area (Å²) in [6.07, 6.45) is 6.61. The smallest absolute Gasteiger partial charge is 0.392 e. The first kappa shape index (κ1) is 31.9. The van der Waals surface area contributed by atoms with Crippen LogP contribution in [-0.4, -0.2) is 33.5 Å². The number of nitrogens with one attached hydrogen (secondary N) is 4. The minimum Gasteiger partial charge on any atom is -0.392 e. The Balaban J connectivity index is 1.33. The fourth-order valence-electron chi connectivity index (χ4n) is 5.16. The molecule has 0 bridgehead atoms. The first-order chi connectivity index (χ1) is 22.1. The van der Waals surface area contributed by atoms with E-state index in [2.05, 4.69) is 25.9 Å². The molecule has 46 heavy (non-hydrogen) atoms. The summed E-state index contributed by atoms with van der Waals surface area (Å²) >= 11 is 0. The minimum atomic E-state index is -4.66. The SMILES string of the molecule is CN/C=C(\C=N)Nc1cccn2c(CCCc3cc(C(=O)Nc4cc(-c5ccncc5)cc(C(F)(F)F)c4)c(F)cc3C)cnc12. The van der Waals surface area contributed by atoms with Crippen molar-refractivity contribution in [2.75, 3.05) is 17.7 Å². The fourth-order valence-corrected chi connectivity index (χ4v) is 5.16. The lowest BCUT2D eigenvalue weighted by Gasteiger charge is -2.15. The third-order valence-corrected chi connectivity index (χ3v) is 7.43. The number of aryl methyl sites for hydroxylation is 3. The molecule has 0 saturated carbocycles. The van der Waals surface area contributed by atoms with E-state index < -0.39 is 23.5 Å². The molecular weight excluding hydrogens is 598 g/mol. The van der Waals surface area contributed by atoms with Gasteiger partial charge in [0.25, 0.3) is 5.91 Å². The van der Waals surface area contributed by atoms with E-state index in [4.69, 9.17) is 5.41 Å². The van der Waals surface area contributed by atoms with Gasteiger partial charge >= 0.3 is 6.18 Å². The maximum Gasteiger partial charge on any atom is 0.416 e. The molecule has 5 aromatic rings. The molecule has 236 valence electrons. The highest BCUT2D eigenvalue weighted by molar-refractivity contribution is 6.05. The second-order valence-electron chi connectivity index (χ2n) is 10.6. The van der Waals surface area contributed by atoms with Crippen LogP contribution in [0.4, 0.5) is 28.9 Å². The minimum absolute atomic E-state index is 0.108. The number of fused-ring (bicyclic) bond motifs is 1. The molecule has 8 nitrogen and oxygen atoms in total. The molecule has 5 rings (SSSR count). The van der Waals surface area contributed by atoms with Crippen LogP contribution in [-0.2, 0) is 19.0 Å². The van der Waals surface area contributed by atoms with Crippen LogP contribution in [0.1, 0.15) is 39.2 Å². The van der Waals surface area contributed by atoms with E-state index in [1.807, 2.05) is 22.7 Å². The second-order valence-corrected chi connectivity index (χ2v) is 10.6. The van der Waals surface area contributed by atoms with Crippen LogP contribution in [0.15, 0.2) is 91.3 Å². The topological polar surface area (TPSA) is 107 Å². The van der Waals surface area contributed by atoms with Crippen molar-refractivity contribution in [3.05, 3.63) is 125 Å². The lowest BCUT2D eigenvalue weighted by atomic mass is 9.98. The molecule has 3 heterocycles. The first-order valence-electron chi connectivity index (χ1n) is 14.4. The van der Waals surface area contributed by atoms with Crippen molar-refractivity contribution in [1.82, 2.24) is 19.7 Å². The van der Waals surface area contributed by atoms with Gasteiger partial charge in [-0.25, -0.2) is 9.37 Å². The Kier molecular flexibility index (Phi) is 9.45. The van der Waals surface area contributed by atoms with Gasteiger partial charge in [-0.05, 0) is 103 Å². The summed E-state index contributed by atoms with van der Waals surface area (Å²) in [6.45, 7) is 1.75. The monoisotopic (exact) mass is 629 g/mol. The number of allylic oxidation sites excluding steroid dienone is 1. The van der Waals surface area contributed by atoms with Gasteiger partial charge in [0.05, 0.1) is 22.5 Å². The van der Waals surface area contributed by atoms with Gasteiger partial charge in [-0.3, -0.25) is 9.78 Å². The number of imidazole rings is 1. The van der Waals surface area contributed by atoms with E-state index in [0.717, 1.165) is 29.1 Å². The molecule has 4 N–H and O–H groups in total. The number of anilines is 2. The second kappa shape index (κ2) is 13.6. The number of alkyl halides is 3. The number of rotatable bonds is 11. The van der Waals surface area contributed by atoms with Gasteiger partial charge < -0.3 is 25.8 Å². The molecule has 12 heteroatoms. The van der Waals surface area contributed by atoms with Gasteiger partial charge in [0.2, 0.25) is 0 Å². The maximum absolute atomic E-state index is 15.0. The number of benzene rings is 2. The molecule has 0 radical (unpaired) electrons. The van der Waals surface area contributed by atoms with Gasteiger partial charge in [0.1, 0.15) is 5.82 Å². The number of carbonyl (C=O) groups excluding carboxylic acids is 1. The van der Waals surface area contributed by atoms with Crippen LogP contribution in [0, 0.1) is 18.2 Å². The molecule has 0 fully saturated rings. The summed E-state index contributed by atoms with van der Waals surface area (Å²) in [5, 5.41) is 16.1. The third-order valence-electron chi connectivity index (χ3n) is 7.43. The molecule has 0 spiro atoms. The zero-order chi connectivity index (χ0) is 32.8. The summed E-state index contributed by atoms with van der Waals surface area (Å²) < 4.78 is 58.1. The first-order valence-corrected chi connectivity index (χ1v) is 14.4. The average Bonchev–Trinajstić information content (AvgIpc) is 3.45. The van der Waals surface area contributed by atoms with Crippen molar-refractivity contribution in [2.24, 2.45) is 0 Å². The highest BCUT2D eigenvalue weighted by Gasteiger charge is 2.31. The largest absolute Gasteiger partial charge is 0.416 e. The lowest BCUT2D eigenvalue weighted by molar-refractivity contribution is -0.137. The number of amides is 1. The average molecular weight is 630 g/mol. The maximum atomic E-state index is 15.0. The number of aromatic nitrogens is 3. The van der Waals surface area contributed by atoms with Crippen molar-refractivity contribution in [3.8, 4) is 11.1 Å². The zero-order valence-electron chi connectivity index (χ0n) is 25.0. The predicted octanol–water partition coefficient (Wildman–Crippen LogP) is 7.41. The Hall–Kier alpha value is -5.52. The van der Waals surface area contributed by atoms with Crippen LogP contribution in [0.3, 0.4) is 0 Å². The Morgan fingerprint density at radius 1 is 1.02 bits per heavy atom. The van der Waals surface area contributed by atoms with E-state index >= 15 is 4.39 Å². The summed E-state index contributed by atoms with van der Waals surface area (Å²) in [5.74, 6) is -1.62. The van der Waals surface area contributed by atoms with Gasteiger partial charge in [-0.1, -0.05) is 0 Å². The van der Waals surface area contributed by atoms with E-state index in [1.54, 1.807) is 38.5 Å².